The van der Waals surface area contributed by atoms with Gasteiger partial charge in [-0.05, 0) is 65.5 Å². The van der Waals surface area contributed by atoms with Crippen molar-refractivity contribution in [3.8, 4) is 0 Å². The molecule has 0 aromatic rings. The summed E-state index contributed by atoms with van der Waals surface area (Å²) < 4.78 is 12.5. The third kappa shape index (κ3) is 6.34. The summed E-state index contributed by atoms with van der Waals surface area (Å²) in [4.78, 5) is 25.7. The van der Waals surface area contributed by atoms with Crippen LogP contribution in [-0.2, 0) is 19.1 Å². The Kier molecular flexibility index (Phi) is 9.98. The van der Waals surface area contributed by atoms with E-state index in [-0.39, 0.29) is 35.4 Å². The van der Waals surface area contributed by atoms with Crippen LogP contribution >= 0.6 is 0 Å². The van der Waals surface area contributed by atoms with E-state index in [0.29, 0.717) is 12.0 Å². The van der Waals surface area contributed by atoms with Crippen molar-refractivity contribution < 1.29 is 19.1 Å². The number of carbonyl (C=O) groups is 2. The lowest BCUT2D eigenvalue weighted by Crippen LogP contribution is -2.69. The molecule has 32 heavy (non-hydrogen) atoms. The number of carbonyl (C=O) groups excluding carboxylic acids is 2. The summed E-state index contributed by atoms with van der Waals surface area (Å²) in [6, 6.07) is -0.189. The number of nitrogens with one attached hydrogen (secondary N) is 2. The number of esters is 1. The summed E-state index contributed by atoms with van der Waals surface area (Å²) in [5, 5.41) is 6.59. The summed E-state index contributed by atoms with van der Waals surface area (Å²) in [7, 11) is 1.86. The monoisotopic (exact) mass is 452 g/mol. The van der Waals surface area contributed by atoms with Crippen LogP contribution in [0, 0.1) is 11.3 Å². The van der Waals surface area contributed by atoms with E-state index in [2.05, 4.69) is 45.3 Å². The third-order valence-corrected chi connectivity index (χ3v) is 7.39. The van der Waals surface area contributed by atoms with Crippen LogP contribution in [0.3, 0.4) is 0 Å². The Labute approximate surface area is 196 Å². The van der Waals surface area contributed by atoms with Crippen molar-refractivity contribution in [1.82, 2.24) is 10.6 Å². The minimum absolute atomic E-state index is 0.0325. The number of ether oxygens (including phenoxy) is 2. The molecule has 1 aliphatic carbocycles. The highest BCUT2D eigenvalue weighted by atomic mass is 16.5. The SMILES string of the molecule is CCCC(C)(O[C@@H]1C=C(C(=O)OC(C)C)C[C@H](NC)[C@@]1(C)NC(=O)C(C)C)C(C)(C)CC. The Balaban J connectivity index is 3.57. The van der Waals surface area contributed by atoms with Gasteiger partial charge in [0.15, 0.2) is 0 Å². The number of rotatable bonds is 11. The summed E-state index contributed by atoms with van der Waals surface area (Å²) in [5.41, 5.74) is -0.668. The second-order valence-electron chi connectivity index (χ2n) is 10.9. The lowest BCUT2D eigenvalue weighted by Gasteiger charge is -2.52. The fourth-order valence-electron chi connectivity index (χ4n) is 4.31. The molecular formula is C26H48N2O4. The van der Waals surface area contributed by atoms with Crippen LogP contribution < -0.4 is 10.6 Å². The molecule has 0 spiro atoms. The number of amides is 1. The Morgan fingerprint density at radius 3 is 2.22 bits per heavy atom. The minimum atomic E-state index is -0.726. The number of hydrogen-bond donors (Lipinski definition) is 2. The summed E-state index contributed by atoms with van der Waals surface area (Å²) >= 11 is 0. The Bertz CT molecular complexity index is 685. The molecule has 0 aromatic heterocycles. The third-order valence-electron chi connectivity index (χ3n) is 7.39. The van der Waals surface area contributed by atoms with Crippen molar-refractivity contribution in [1.29, 1.82) is 0 Å². The normalized spacial score (nSPS) is 26.0. The predicted octanol–water partition coefficient (Wildman–Crippen LogP) is 4.77. The molecule has 0 aromatic carbocycles. The molecule has 0 saturated heterocycles. The highest BCUT2D eigenvalue weighted by Crippen LogP contribution is 2.44. The molecule has 0 radical (unpaired) electrons. The van der Waals surface area contributed by atoms with Gasteiger partial charge in [0.05, 0.1) is 17.2 Å². The fourth-order valence-corrected chi connectivity index (χ4v) is 4.31. The van der Waals surface area contributed by atoms with E-state index in [1.54, 1.807) is 0 Å². The zero-order chi connectivity index (χ0) is 24.9. The summed E-state index contributed by atoms with van der Waals surface area (Å²) in [6.45, 7) is 20.4. The van der Waals surface area contributed by atoms with Gasteiger partial charge >= 0.3 is 5.97 Å². The zero-order valence-corrected chi connectivity index (χ0v) is 22.3. The van der Waals surface area contributed by atoms with E-state index >= 15 is 0 Å². The van der Waals surface area contributed by atoms with Crippen molar-refractivity contribution in [2.45, 2.75) is 124 Å². The first kappa shape index (κ1) is 28.6. The number of likely N-dealkylation sites (N-methyl/N-ethyl adjacent to an activating group) is 1. The van der Waals surface area contributed by atoms with Crippen LogP contribution in [0.25, 0.3) is 0 Å². The highest BCUT2D eigenvalue weighted by Gasteiger charge is 2.51. The van der Waals surface area contributed by atoms with Crippen molar-refractivity contribution in [3.63, 3.8) is 0 Å². The molecule has 1 aliphatic rings. The second kappa shape index (κ2) is 11.1. The van der Waals surface area contributed by atoms with Crippen LogP contribution in [0.5, 0.6) is 0 Å². The van der Waals surface area contributed by atoms with Gasteiger partial charge in [0.2, 0.25) is 5.91 Å². The quantitative estimate of drug-likeness (QED) is 0.442. The first-order valence-corrected chi connectivity index (χ1v) is 12.3. The van der Waals surface area contributed by atoms with Crippen molar-refractivity contribution in [3.05, 3.63) is 11.6 Å². The first-order valence-electron chi connectivity index (χ1n) is 12.3. The smallest absolute Gasteiger partial charge is 0.334 e. The van der Waals surface area contributed by atoms with E-state index in [9.17, 15) is 9.59 Å². The van der Waals surface area contributed by atoms with Crippen LogP contribution in [0.4, 0.5) is 0 Å². The molecular weight excluding hydrogens is 404 g/mol. The molecule has 6 nitrogen and oxygen atoms in total. The van der Waals surface area contributed by atoms with Crippen molar-refractivity contribution in [2.24, 2.45) is 11.3 Å². The van der Waals surface area contributed by atoms with Gasteiger partial charge in [-0.3, -0.25) is 4.79 Å². The molecule has 0 aliphatic heterocycles. The van der Waals surface area contributed by atoms with E-state index < -0.39 is 17.2 Å². The van der Waals surface area contributed by atoms with Gasteiger partial charge in [0, 0.05) is 17.5 Å². The van der Waals surface area contributed by atoms with E-state index in [1.807, 2.05) is 47.7 Å². The predicted molar refractivity (Wildman–Crippen MR) is 130 cm³/mol. The molecule has 0 bridgehead atoms. The Morgan fingerprint density at radius 1 is 1.19 bits per heavy atom. The van der Waals surface area contributed by atoms with Gasteiger partial charge in [-0.1, -0.05) is 48.0 Å². The molecule has 1 rings (SSSR count). The minimum Gasteiger partial charge on any atom is -0.460 e. The largest absolute Gasteiger partial charge is 0.460 e. The fraction of sp³-hybridized carbons (Fsp3) is 0.846. The first-order chi connectivity index (χ1) is 14.7. The Morgan fingerprint density at radius 2 is 1.78 bits per heavy atom. The molecule has 2 N–H and O–H groups in total. The van der Waals surface area contributed by atoms with Gasteiger partial charge in [-0.25, -0.2) is 4.79 Å². The van der Waals surface area contributed by atoms with Gasteiger partial charge < -0.3 is 20.1 Å². The zero-order valence-electron chi connectivity index (χ0n) is 22.3. The van der Waals surface area contributed by atoms with Crippen LogP contribution in [0.1, 0.15) is 94.9 Å². The topological polar surface area (TPSA) is 76.7 Å². The maximum Gasteiger partial charge on any atom is 0.334 e. The second-order valence-corrected chi connectivity index (χ2v) is 10.9. The number of hydrogen-bond acceptors (Lipinski definition) is 5. The summed E-state index contributed by atoms with van der Waals surface area (Å²) in [5.74, 6) is -0.511. The maximum absolute atomic E-state index is 12.8. The van der Waals surface area contributed by atoms with Crippen LogP contribution in [0.15, 0.2) is 11.6 Å². The average Bonchev–Trinajstić information content (AvgIpc) is 2.68. The highest BCUT2D eigenvalue weighted by molar-refractivity contribution is 5.89. The van der Waals surface area contributed by atoms with Gasteiger partial charge in [-0.2, -0.15) is 0 Å². The molecule has 4 atom stereocenters. The van der Waals surface area contributed by atoms with Crippen LogP contribution in [-0.4, -0.2) is 48.3 Å². The molecule has 0 saturated carbocycles. The maximum atomic E-state index is 12.8. The van der Waals surface area contributed by atoms with E-state index in [0.717, 1.165) is 19.3 Å². The average molecular weight is 453 g/mol. The lowest BCUT2D eigenvalue weighted by molar-refractivity contribution is -0.169. The molecule has 1 amide bonds. The molecule has 0 heterocycles. The van der Waals surface area contributed by atoms with Crippen LogP contribution in [0.2, 0.25) is 0 Å². The van der Waals surface area contributed by atoms with Gasteiger partial charge in [0.25, 0.3) is 0 Å². The molecule has 0 fully saturated rings. The van der Waals surface area contributed by atoms with Gasteiger partial charge in [0.1, 0.15) is 6.10 Å². The summed E-state index contributed by atoms with van der Waals surface area (Å²) in [6.07, 6.45) is 4.46. The Hall–Kier alpha value is -1.40. The van der Waals surface area contributed by atoms with Gasteiger partial charge in [-0.15, -0.1) is 0 Å². The van der Waals surface area contributed by atoms with Crippen molar-refractivity contribution in [2.75, 3.05) is 7.05 Å². The molecule has 6 heteroatoms. The van der Waals surface area contributed by atoms with E-state index in [1.165, 1.54) is 0 Å². The van der Waals surface area contributed by atoms with E-state index in [4.69, 9.17) is 9.47 Å². The molecule has 186 valence electrons. The lowest BCUT2D eigenvalue weighted by atomic mass is 9.70. The van der Waals surface area contributed by atoms with Crippen molar-refractivity contribution >= 4 is 11.9 Å². The standard InChI is InChI=1S/C26H48N2O4/c1-12-14-25(9,24(7,8)13-2)32-21-16-19(23(30)31-18(5)6)15-20(27-11)26(21,10)28-22(29)17(3)4/h16-18,20-21,27H,12-15H2,1-11H3,(H,28,29)/t20-,21+,25?,26+/m0/s1. The molecule has 1 unspecified atom stereocenters.